The average molecular weight is 534 g/mol. The summed E-state index contributed by atoms with van der Waals surface area (Å²) in [4.78, 5) is 17.5. The molecule has 11 heteroatoms. The molecule has 3 aromatic rings. The Morgan fingerprint density at radius 1 is 1.09 bits per heavy atom. The first kappa shape index (κ1) is 24.6. The SMILES string of the molecule is O=C(NCCCl)c1ccc(C2=NOC(c3cc(Cl)c(F)c(Cl)c3)(C(F)(F)F)C2)c2ccccc12. The van der Waals surface area contributed by atoms with Gasteiger partial charge >= 0.3 is 6.18 Å². The molecule has 1 atom stereocenters. The minimum Gasteiger partial charge on any atom is -0.374 e. The molecular formula is C23H15Cl3F4N2O2. The molecule has 1 N–H and O–H groups in total. The van der Waals surface area contributed by atoms with Gasteiger partial charge in [0.05, 0.1) is 15.8 Å². The molecule has 0 fully saturated rings. The molecule has 1 unspecified atom stereocenters. The highest BCUT2D eigenvalue weighted by molar-refractivity contribution is 6.35. The Morgan fingerprint density at radius 2 is 1.74 bits per heavy atom. The van der Waals surface area contributed by atoms with Gasteiger partial charge in [-0.2, -0.15) is 13.2 Å². The number of nitrogens with zero attached hydrogens (tertiary/aromatic N) is 1. The Hall–Kier alpha value is -2.55. The molecule has 34 heavy (non-hydrogen) atoms. The number of oxime groups is 1. The average Bonchev–Trinajstić information content (AvgIpc) is 3.26. The molecule has 0 radical (unpaired) electrons. The number of rotatable bonds is 5. The van der Waals surface area contributed by atoms with E-state index in [2.05, 4.69) is 10.5 Å². The maximum Gasteiger partial charge on any atom is 0.435 e. The van der Waals surface area contributed by atoms with Crippen molar-refractivity contribution >= 4 is 57.2 Å². The lowest BCUT2D eigenvalue weighted by Crippen LogP contribution is -2.42. The number of hydrogen-bond donors (Lipinski definition) is 1. The van der Waals surface area contributed by atoms with Crippen molar-refractivity contribution in [1.82, 2.24) is 5.32 Å². The first-order chi connectivity index (χ1) is 16.1. The third-order valence-electron chi connectivity index (χ3n) is 5.50. The van der Waals surface area contributed by atoms with E-state index in [1.54, 1.807) is 24.3 Å². The molecule has 0 aromatic heterocycles. The van der Waals surface area contributed by atoms with Crippen LogP contribution in [0.2, 0.25) is 10.0 Å². The van der Waals surface area contributed by atoms with Crippen LogP contribution in [0.25, 0.3) is 10.8 Å². The predicted molar refractivity (Wildman–Crippen MR) is 123 cm³/mol. The second-order valence-electron chi connectivity index (χ2n) is 7.54. The molecule has 3 aromatic carbocycles. The quantitative estimate of drug-likeness (QED) is 0.222. The Labute approximate surface area is 206 Å². The molecule has 0 aliphatic carbocycles. The third kappa shape index (κ3) is 4.19. The molecule has 4 rings (SSSR count). The maximum atomic E-state index is 14.3. The predicted octanol–water partition coefficient (Wildman–Crippen LogP) is 6.84. The van der Waals surface area contributed by atoms with Gasteiger partial charge in [0, 0.05) is 35.5 Å². The second-order valence-corrected chi connectivity index (χ2v) is 8.73. The highest BCUT2D eigenvalue weighted by Crippen LogP contribution is 2.50. The summed E-state index contributed by atoms with van der Waals surface area (Å²) in [6.07, 6.45) is -5.64. The van der Waals surface area contributed by atoms with Crippen molar-refractivity contribution in [2.45, 2.75) is 18.2 Å². The Morgan fingerprint density at radius 3 is 2.35 bits per heavy atom. The van der Waals surface area contributed by atoms with E-state index < -0.39 is 39.6 Å². The summed E-state index contributed by atoms with van der Waals surface area (Å²) in [5.41, 5.74) is -2.70. The summed E-state index contributed by atoms with van der Waals surface area (Å²) < 4.78 is 56.8. The van der Waals surface area contributed by atoms with E-state index in [1.807, 2.05) is 0 Å². The monoisotopic (exact) mass is 532 g/mol. The lowest BCUT2D eigenvalue weighted by Gasteiger charge is -2.29. The van der Waals surface area contributed by atoms with Crippen molar-refractivity contribution in [1.29, 1.82) is 0 Å². The van der Waals surface area contributed by atoms with Gasteiger partial charge in [0.1, 0.15) is 0 Å². The lowest BCUT2D eigenvalue weighted by molar-refractivity contribution is -0.275. The molecule has 4 nitrogen and oxygen atoms in total. The van der Waals surface area contributed by atoms with Crippen LogP contribution in [-0.2, 0) is 10.4 Å². The largest absolute Gasteiger partial charge is 0.435 e. The minimum atomic E-state index is -4.93. The number of halogens is 7. The van der Waals surface area contributed by atoms with E-state index >= 15 is 0 Å². The normalized spacial score (nSPS) is 18.0. The van der Waals surface area contributed by atoms with Crippen molar-refractivity contribution in [3.63, 3.8) is 0 Å². The van der Waals surface area contributed by atoms with Crippen LogP contribution in [-0.4, -0.2) is 30.2 Å². The molecule has 0 saturated heterocycles. The number of carbonyl (C=O) groups excluding carboxylic acids is 1. The van der Waals surface area contributed by atoms with Gasteiger partial charge < -0.3 is 10.2 Å². The number of hydrogen-bond acceptors (Lipinski definition) is 3. The summed E-state index contributed by atoms with van der Waals surface area (Å²) in [6.45, 7) is 0.258. The van der Waals surface area contributed by atoms with Crippen molar-refractivity contribution in [3.05, 3.63) is 81.1 Å². The highest BCUT2D eigenvalue weighted by Gasteiger charge is 2.62. The zero-order valence-corrected chi connectivity index (χ0v) is 19.4. The van der Waals surface area contributed by atoms with Gasteiger partial charge in [-0.15, -0.1) is 11.6 Å². The number of nitrogens with one attached hydrogen (secondary N) is 1. The van der Waals surface area contributed by atoms with Crippen LogP contribution in [0.15, 0.2) is 53.7 Å². The van der Waals surface area contributed by atoms with E-state index in [9.17, 15) is 22.4 Å². The second kappa shape index (κ2) is 9.24. The first-order valence-electron chi connectivity index (χ1n) is 9.92. The Balaban J connectivity index is 1.79. The molecule has 1 amide bonds. The number of benzene rings is 3. The molecule has 0 spiro atoms. The van der Waals surface area contributed by atoms with Gasteiger partial charge in [0.2, 0.25) is 0 Å². The van der Waals surface area contributed by atoms with Gasteiger partial charge in [-0.05, 0) is 29.0 Å². The molecule has 0 bridgehead atoms. The van der Waals surface area contributed by atoms with Crippen LogP contribution in [0.4, 0.5) is 17.6 Å². The molecular weight excluding hydrogens is 519 g/mol. The molecule has 1 heterocycles. The maximum absolute atomic E-state index is 14.3. The smallest absolute Gasteiger partial charge is 0.374 e. The molecule has 0 saturated carbocycles. The molecule has 1 aliphatic heterocycles. The first-order valence-corrected chi connectivity index (χ1v) is 11.2. The summed E-state index contributed by atoms with van der Waals surface area (Å²) in [7, 11) is 0. The van der Waals surface area contributed by atoms with Crippen molar-refractivity contribution < 1.29 is 27.2 Å². The zero-order valence-electron chi connectivity index (χ0n) is 17.1. The van der Waals surface area contributed by atoms with Crippen LogP contribution in [0.5, 0.6) is 0 Å². The van der Waals surface area contributed by atoms with Gasteiger partial charge in [-0.3, -0.25) is 4.79 Å². The highest BCUT2D eigenvalue weighted by atomic mass is 35.5. The Kier molecular flexibility index (Phi) is 6.68. The topological polar surface area (TPSA) is 50.7 Å². The van der Waals surface area contributed by atoms with Gasteiger partial charge in [0.15, 0.2) is 5.82 Å². The third-order valence-corrected chi connectivity index (χ3v) is 6.23. The molecule has 178 valence electrons. The summed E-state index contributed by atoms with van der Waals surface area (Å²) in [6, 6.07) is 11.4. The fourth-order valence-electron chi connectivity index (χ4n) is 3.84. The van der Waals surface area contributed by atoms with E-state index in [0.717, 1.165) is 12.1 Å². The van der Waals surface area contributed by atoms with Crippen molar-refractivity contribution in [2.75, 3.05) is 12.4 Å². The standard InChI is InChI=1S/C23H15Cl3F4N2O2/c24-7-8-31-21(33)16-6-5-15(13-3-1-2-4-14(13)16)19-11-22(34-32-19,23(28,29)30)12-9-17(25)20(27)18(26)10-12/h1-6,9-10H,7-8,11H2,(H,31,33). The van der Waals surface area contributed by atoms with Gasteiger partial charge in [0.25, 0.3) is 11.5 Å². The number of carbonyl (C=O) groups is 1. The van der Waals surface area contributed by atoms with Gasteiger partial charge in [-0.25, -0.2) is 4.39 Å². The minimum absolute atomic E-state index is 0.00203. The van der Waals surface area contributed by atoms with Crippen LogP contribution < -0.4 is 5.32 Å². The van der Waals surface area contributed by atoms with E-state index in [0.29, 0.717) is 21.9 Å². The van der Waals surface area contributed by atoms with Crippen LogP contribution in [0.1, 0.15) is 27.9 Å². The zero-order chi connectivity index (χ0) is 24.7. The Bertz CT molecular complexity index is 1290. The van der Waals surface area contributed by atoms with E-state index in [4.69, 9.17) is 39.6 Å². The van der Waals surface area contributed by atoms with E-state index in [-0.39, 0.29) is 24.0 Å². The van der Waals surface area contributed by atoms with Crippen molar-refractivity contribution in [3.8, 4) is 0 Å². The number of alkyl halides is 4. The number of amides is 1. The van der Waals surface area contributed by atoms with Crippen LogP contribution in [0, 0.1) is 5.82 Å². The molecule has 1 aliphatic rings. The van der Waals surface area contributed by atoms with Gasteiger partial charge in [-0.1, -0.05) is 58.7 Å². The van der Waals surface area contributed by atoms with Crippen LogP contribution >= 0.6 is 34.8 Å². The van der Waals surface area contributed by atoms with E-state index in [1.165, 1.54) is 12.1 Å². The summed E-state index contributed by atoms with van der Waals surface area (Å²) in [5.74, 6) is -1.17. The summed E-state index contributed by atoms with van der Waals surface area (Å²) in [5, 5.41) is 6.32. The number of fused-ring (bicyclic) bond motifs is 1. The fourth-order valence-corrected chi connectivity index (χ4v) is 4.42. The van der Waals surface area contributed by atoms with Crippen LogP contribution in [0.3, 0.4) is 0 Å². The van der Waals surface area contributed by atoms with Crippen molar-refractivity contribution in [2.24, 2.45) is 5.16 Å². The fraction of sp³-hybridized carbons (Fsp3) is 0.217. The summed E-state index contributed by atoms with van der Waals surface area (Å²) >= 11 is 17.1. The lowest BCUT2D eigenvalue weighted by atomic mass is 9.85.